The van der Waals surface area contributed by atoms with E-state index in [9.17, 15) is 8.42 Å². The zero-order valence-electron chi connectivity index (χ0n) is 9.09. The van der Waals surface area contributed by atoms with E-state index in [0.717, 1.165) is 5.33 Å². The summed E-state index contributed by atoms with van der Waals surface area (Å²) in [5, 5.41) is 4.09. The first-order chi connectivity index (χ1) is 6.43. The predicted molar refractivity (Wildman–Crippen MR) is 64.8 cm³/mol. The van der Waals surface area contributed by atoms with E-state index in [1.165, 1.54) is 0 Å². The van der Waals surface area contributed by atoms with Gasteiger partial charge in [0.05, 0.1) is 5.75 Å². The van der Waals surface area contributed by atoms with Gasteiger partial charge in [0.15, 0.2) is 9.84 Å². The zero-order chi connectivity index (χ0) is 11.2. The van der Waals surface area contributed by atoms with Crippen LogP contribution in [0.1, 0.15) is 20.8 Å². The number of alkyl halides is 1. The molecular weight excluding hydrogens is 266 g/mol. The summed E-state index contributed by atoms with van der Waals surface area (Å²) < 4.78 is 22.4. The predicted octanol–water partition coefficient (Wildman–Crippen LogP) is 1.43. The van der Waals surface area contributed by atoms with Crippen LogP contribution in [-0.4, -0.2) is 37.8 Å². The average Bonchev–Trinajstić information content (AvgIpc) is 2.12. The summed E-state index contributed by atoms with van der Waals surface area (Å²) in [5.41, 5.74) is 0. The Kier molecular flexibility index (Phi) is 6.99. The molecule has 0 heterocycles. The molecule has 0 aliphatic rings. The number of halogens is 1. The minimum atomic E-state index is -2.83. The molecule has 0 amide bonds. The van der Waals surface area contributed by atoms with Gasteiger partial charge in [-0.3, -0.25) is 0 Å². The van der Waals surface area contributed by atoms with E-state index in [2.05, 4.69) is 35.1 Å². The molecule has 3 nitrogen and oxygen atoms in total. The van der Waals surface area contributed by atoms with Crippen LogP contribution in [0.5, 0.6) is 0 Å². The van der Waals surface area contributed by atoms with Crippen molar-refractivity contribution in [2.45, 2.75) is 26.8 Å². The molecular formula is C9H20BrNO2S. The minimum absolute atomic E-state index is 0.231. The van der Waals surface area contributed by atoms with Crippen LogP contribution in [0.3, 0.4) is 0 Å². The number of hydrogen-bond donors (Lipinski definition) is 1. The maximum absolute atomic E-state index is 11.2. The summed E-state index contributed by atoms with van der Waals surface area (Å²) >= 11 is 3.40. The van der Waals surface area contributed by atoms with Crippen LogP contribution >= 0.6 is 15.9 Å². The van der Waals surface area contributed by atoms with Crippen molar-refractivity contribution in [1.82, 2.24) is 5.32 Å². The fourth-order valence-corrected chi connectivity index (χ4v) is 2.71. The molecule has 0 rings (SSSR count). The fourth-order valence-electron chi connectivity index (χ4n) is 1.01. The van der Waals surface area contributed by atoms with Crippen molar-refractivity contribution >= 4 is 25.8 Å². The molecule has 0 saturated heterocycles. The molecule has 86 valence electrons. The standard InChI is InChI=1S/C9H20BrNO2S/c1-4-14(12,13)6-5-11-9(7-10)8(2)3/h8-9,11H,4-7H2,1-3H3. The monoisotopic (exact) mass is 285 g/mol. The lowest BCUT2D eigenvalue weighted by molar-refractivity contribution is 0.445. The van der Waals surface area contributed by atoms with E-state index >= 15 is 0 Å². The molecule has 0 bridgehead atoms. The van der Waals surface area contributed by atoms with Gasteiger partial charge in [-0.25, -0.2) is 8.42 Å². The number of sulfone groups is 1. The Morgan fingerprint density at radius 1 is 1.36 bits per heavy atom. The van der Waals surface area contributed by atoms with Gasteiger partial charge in [-0.05, 0) is 5.92 Å². The van der Waals surface area contributed by atoms with Crippen LogP contribution in [0.4, 0.5) is 0 Å². The Labute approximate surface area is 95.7 Å². The molecule has 0 saturated carbocycles. The Balaban J connectivity index is 3.83. The molecule has 0 aromatic rings. The highest BCUT2D eigenvalue weighted by Gasteiger charge is 2.12. The second-order valence-electron chi connectivity index (χ2n) is 3.70. The van der Waals surface area contributed by atoms with Crippen molar-refractivity contribution in [3.05, 3.63) is 0 Å². The topological polar surface area (TPSA) is 46.2 Å². The summed E-state index contributed by atoms with van der Waals surface area (Å²) in [6, 6.07) is 0.349. The molecule has 14 heavy (non-hydrogen) atoms. The molecule has 1 atom stereocenters. The Morgan fingerprint density at radius 3 is 2.29 bits per heavy atom. The first-order valence-corrected chi connectivity index (χ1v) is 7.87. The normalized spacial score (nSPS) is 14.6. The van der Waals surface area contributed by atoms with E-state index in [1.807, 2.05) is 0 Å². The van der Waals surface area contributed by atoms with Crippen molar-refractivity contribution in [1.29, 1.82) is 0 Å². The van der Waals surface area contributed by atoms with Crippen LogP contribution < -0.4 is 5.32 Å². The van der Waals surface area contributed by atoms with Gasteiger partial charge in [0.2, 0.25) is 0 Å². The molecule has 5 heteroatoms. The lowest BCUT2D eigenvalue weighted by Gasteiger charge is -2.19. The van der Waals surface area contributed by atoms with Crippen molar-refractivity contribution in [3.8, 4) is 0 Å². The third-order valence-corrected chi connectivity index (χ3v) is 4.63. The van der Waals surface area contributed by atoms with Gasteiger partial charge in [0, 0.05) is 23.7 Å². The highest BCUT2D eigenvalue weighted by atomic mass is 79.9. The number of rotatable bonds is 7. The maximum Gasteiger partial charge on any atom is 0.151 e. The number of hydrogen-bond acceptors (Lipinski definition) is 3. The molecule has 0 aliphatic carbocycles. The molecule has 0 fully saturated rings. The van der Waals surface area contributed by atoms with E-state index in [4.69, 9.17) is 0 Å². The van der Waals surface area contributed by atoms with Crippen LogP contribution in [0.25, 0.3) is 0 Å². The highest BCUT2D eigenvalue weighted by molar-refractivity contribution is 9.09. The van der Waals surface area contributed by atoms with Crippen LogP contribution in [0.15, 0.2) is 0 Å². The van der Waals surface area contributed by atoms with Gasteiger partial charge in [-0.1, -0.05) is 36.7 Å². The van der Waals surface area contributed by atoms with E-state index in [0.29, 0.717) is 18.5 Å². The fraction of sp³-hybridized carbons (Fsp3) is 1.00. The minimum Gasteiger partial charge on any atom is -0.312 e. The summed E-state index contributed by atoms with van der Waals surface area (Å²) in [7, 11) is -2.83. The third kappa shape index (κ3) is 5.98. The van der Waals surface area contributed by atoms with Crippen molar-refractivity contribution in [2.75, 3.05) is 23.4 Å². The van der Waals surface area contributed by atoms with Gasteiger partial charge in [0.1, 0.15) is 0 Å². The summed E-state index contributed by atoms with van der Waals surface area (Å²) in [6.45, 7) is 6.46. The maximum atomic E-state index is 11.2. The zero-order valence-corrected chi connectivity index (χ0v) is 11.5. The molecule has 1 N–H and O–H groups in total. The smallest absolute Gasteiger partial charge is 0.151 e. The van der Waals surface area contributed by atoms with Gasteiger partial charge in [-0.15, -0.1) is 0 Å². The number of nitrogens with one attached hydrogen (secondary N) is 1. The average molecular weight is 286 g/mol. The van der Waals surface area contributed by atoms with Crippen LogP contribution in [-0.2, 0) is 9.84 Å². The quantitative estimate of drug-likeness (QED) is 0.720. The SMILES string of the molecule is CCS(=O)(=O)CCNC(CBr)C(C)C. The summed E-state index contributed by atoms with van der Waals surface area (Å²) in [6.07, 6.45) is 0. The lowest BCUT2D eigenvalue weighted by atomic mass is 10.1. The second kappa shape index (κ2) is 6.80. The molecule has 0 radical (unpaired) electrons. The summed E-state index contributed by atoms with van der Waals surface area (Å²) in [4.78, 5) is 0. The molecule has 0 aromatic carbocycles. The van der Waals surface area contributed by atoms with Crippen molar-refractivity contribution in [3.63, 3.8) is 0 Å². The largest absolute Gasteiger partial charge is 0.312 e. The van der Waals surface area contributed by atoms with Crippen LogP contribution in [0.2, 0.25) is 0 Å². The molecule has 0 aromatic heterocycles. The van der Waals surface area contributed by atoms with Crippen molar-refractivity contribution < 1.29 is 8.42 Å². The van der Waals surface area contributed by atoms with E-state index in [1.54, 1.807) is 6.92 Å². The van der Waals surface area contributed by atoms with E-state index < -0.39 is 9.84 Å². The first-order valence-electron chi connectivity index (χ1n) is 4.92. The lowest BCUT2D eigenvalue weighted by Crippen LogP contribution is -2.38. The van der Waals surface area contributed by atoms with Gasteiger partial charge in [-0.2, -0.15) is 0 Å². The molecule has 0 spiro atoms. The Morgan fingerprint density at radius 2 is 1.93 bits per heavy atom. The Hall–Kier alpha value is 0.390. The third-order valence-electron chi connectivity index (χ3n) is 2.23. The van der Waals surface area contributed by atoms with Crippen molar-refractivity contribution in [2.24, 2.45) is 5.92 Å². The van der Waals surface area contributed by atoms with Crippen LogP contribution in [0, 0.1) is 5.92 Å². The van der Waals surface area contributed by atoms with E-state index in [-0.39, 0.29) is 11.5 Å². The Bertz CT molecular complexity index is 239. The molecule has 1 unspecified atom stereocenters. The summed E-state index contributed by atoms with van der Waals surface area (Å²) in [5.74, 6) is 0.980. The van der Waals surface area contributed by atoms with Gasteiger partial charge in [0.25, 0.3) is 0 Å². The second-order valence-corrected chi connectivity index (χ2v) is 6.82. The van der Waals surface area contributed by atoms with Gasteiger partial charge < -0.3 is 5.32 Å². The van der Waals surface area contributed by atoms with Gasteiger partial charge >= 0.3 is 0 Å². The molecule has 0 aliphatic heterocycles. The first kappa shape index (κ1) is 14.4. The highest BCUT2D eigenvalue weighted by Crippen LogP contribution is 2.04.